The second-order valence-corrected chi connectivity index (χ2v) is 5.29. The monoisotopic (exact) mass is 275 g/mol. The first kappa shape index (κ1) is 13.7. The molecule has 0 spiro atoms. The third kappa shape index (κ3) is 3.89. The van der Waals surface area contributed by atoms with E-state index in [1.165, 1.54) is 0 Å². The van der Waals surface area contributed by atoms with E-state index in [9.17, 15) is 4.79 Å². The van der Waals surface area contributed by atoms with Crippen molar-refractivity contribution in [2.75, 3.05) is 0 Å². The predicted molar refractivity (Wildman–Crippen MR) is 76.2 cm³/mol. The zero-order valence-electron chi connectivity index (χ0n) is 11.2. The highest BCUT2D eigenvalue weighted by molar-refractivity contribution is 7.09. The van der Waals surface area contributed by atoms with Crippen LogP contribution < -0.4 is 0 Å². The summed E-state index contributed by atoms with van der Waals surface area (Å²) in [5.41, 5.74) is 2.96. The van der Waals surface area contributed by atoms with Gasteiger partial charge in [0.25, 0.3) is 0 Å². The molecular formula is C15H17NO2S. The number of aryl methyl sites for hydroxylation is 2. The van der Waals surface area contributed by atoms with Gasteiger partial charge in [-0.05, 0) is 24.5 Å². The van der Waals surface area contributed by atoms with Gasteiger partial charge in [0.1, 0.15) is 6.61 Å². The van der Waals surface area contributed by atoms with Crippen LogP contribution in [0.2, 0.25) is 0 Å². The molecule has 1 heterocycles. The molecule has 3 nitrogen and oxygen atoms in total. The van der Waals surface area contributed by atoms with Crippen molar-refractivity contribution in [3.05, 3.63) is 51.5 Å². The van der Waals surface area contributed by atoms with Crippen molar-refractivity contribution in [1.82, 2.24) is 4.98 Å². The summed E-state index contributed by atoms with van der Waals surface area (Å²) in [6.07, 6.45) is 1.24. The first-order valence-corrected chi connectivity index (χ1v) is 7.20. The van der Waals surface area contributed by atoms with Gasteiger partial charge < -0.3 is 4.74 Å². The van der Waals surface area contributed by atoms with Crippen LogP contribution in [-0.2, 0) is 29.0 Å². The second-order valence-electron chi connectivity index (χ2n) is 4.35. The van der Waals surface area contributed by atoms with Gasteiger partial charge in [0, 0.05) is 5.38 Å². The maximum absolute atomic E-state index is 11.8. The fourth-order valence-corrected chi connectivity index (χ4v) is 2.48. The van der Waals surface area contributed by atoms with E-state index >= 15 is 0 Å². The summed E-state index contributed by atoms with van der Waals surface area (Å²) in [6, 6.07) is 7.85. The summed E-state index contributed by atoms with van der Waals surface area (Å²) < 4.78 is 5.25. The lowest BCUT2D eigenvalue weighted by Gasteiger charge is -2.05. The van der Waals surface area contributed by atoms with E-state index in [-0.39, 0.29) is 12.6 Å². The highest BCUT2D eigenvalue weighted by Gasteiger charge is 2.08. The molecule has 2 aromatic rings. The van der Waals surface area contributed by atoms with E-state index < -0.39 is 0 Å². The van der Waals surface area contributed by atoms with Crippen LogP contribution in [-0.4, -0.2) is 11.0 Å². The van der Waals surface area contributed by atoms with Gasteiger partial charge in [-0.15, -0.1) is 11.3 Å². The molecule has 0 aliphatic rings. The molecule has 0 saturated heterocycles. The zero-order chi connectivity index (χ0) is 13.7. The molecule has 1 aromatic carbocycles. The molecule has 0 aliphatic heterocycles. The zero-order valence-corrected chi connectivity index (χ0v) is 12.0. The predicted octanol–water partition coefficient (Wildman–Crippen LogP) is 3.30. The van der Waals surface area contributed by atoms with Crippen molar-refractivity contribution in [2.45, 2.75) is 33.3 Å². The van der Waals surface area contributed by atoms with Gasteiger partial charge in [-0.3, -0.25) is 4.79 Å². The second kappa shape index (κ2) is 6.48. The Hall–Kier alpha value is -1.68. The largest absolute Gasteiger partial charge is 0.459 e. The molecule has 0 radical (unpaired) electrons. The van der Waals surface area contributed by atoms with Crippen LogP contribution in [0.1, 0.15) is 28.8 Å². The number of carbonyl (C=O) groups excluding carboxylic acids is 1. The summed E-state index contributed by atoms with van der Waals surface area (Å²) in [4.78, 5) is 16.1. The molecule has 2 rings (SSSR count). The van der Waals surface area contributed by atoms with E-state index in [2.05, 4.69) is 11.9 Å². The van der Waals surface area contributed by atoms with E-state index in [1.807, 2.05) is 36.6 Å². The molecule has 0 fully saturated rings. The highest BCUT2D eigenvalue weighted by Crippen LogP contribution is 2.12. The molecule has 4 heteroatoms. The summed E-state index contributed by atoms with van der Waals surface area (Å²) in [6.45, 7) is 4.32. The molecule has 0 saturated carbocycles. The van der Waals surface area contributed by atoms with Crippen LogP contribution in [0.3, 0.4) is 0 Å². The third-order valence-electron chi connectivity index (χ3n) is 2.88. The lowest BCUT2D eigenvalue weighted by Crippen LogP contribution is -2.09. The van der Waals surface area contributed by atoms with Crippen LogP contribution in [0.5, 0.6) is 0 Å². The number of ether oxygens (including phenoxy) is 1. The highest BCUT2D eigenvalue weighted by atomic mass is 32.1. The molecule has 0 bridgehead atoms. The molecule has 0 unspecified atom stereocenters. The lowest BCUT2D eigenvalue weighted by atomic mass is 10.1. The Labute approximate surface area is 117 Å². The van der Waals surface area contributed by atoms with Gasteiger partial charge >= 0.3 is 5.97 Å². The van der Waals surface area contributed by atoms with E-state index in [4.69, 9.17) is 4.74 Å². The van der Waals surface area contributed by atoms with Crippen LogP contribution >= 0.6 is 11.3 Å². The topological polar surface area (TPSA) is 39.2 Å². The van der Waals surface area contributed by atoms with E-state index in [0.717, 1.165) is 28.2 Å². The van der Waals surface area contributed by atoms with Gasteiger partial charge in [0.2, 0.25) is 0 Å². The first-order chi connectivity index (χ1) is 9.19. The van der Waals surface area contributed by atoms with Crippen LogP contribution in [0, 0.1) is 6.92 Å². The Kier molecular flexibility index (Phi) is 4.68. The molecule has 0 aliphatic carbocycles. The minimum absolute atomic E-state index is 0.208. The van der Waals surface area contributed by atoms with Gasteiger partial charge in [-0.1, -0.05) is 31.2 Å². The van der Waals surface area contributed by atoms with Crippen LogP contribution in [0.25, 0.3) is 0 Å². The number of benzene rings is 1. The Bertz CT molecular complexity index is 563. The number of esters is 1. The van der Waals surface area contributed by atoms with Gasteiger partial charge in [-0.2, -0.15) is 0 Å². The Morgan fingerprint density at radius 1 is 1.37 bits per heavy atom. The number of hydrogen-bond donors (Lipinski definition) is 0. The van der Waals surface area contributed by atoms with Crippen molar-refractivity contribution in [3.63, 3.8) is 0 Å². The third-order valence-corrected chi connectivity index (χ3v) is 3.92. The fourth-order valence-electron chi connectivity index (χ4n) is 1.75. The average Bonchev–Trinajstić information content (AvgIpc) is 2.87. The number of aromatic nitrogens is 1. The standard InChI is InChI=1S/C15H17NO2S/c1-3-14-16-13(10-19-14)9-18-15(17)8-12-7-5-4-6-11(12)2/h4-7,10H,3,8-9H2,1-2H3. The molecular weight excluding hydrogens is 258 g/mol. The summed E-state index contributed by atoms with van der Waals surface area (Å²) in [7, 11) is 0. The van der Waals surface area contributed by atoms with Gasteiger partial charge in [0.15, 0.2) is 0 Å². The maximum Gasteiger partial charge on any atom is 0.310 e. The van der Waals surface area contributed by atoms with Crippen LogP contribution in [0.15, 0.2) is 29.6 Å². The SMILES string of the molecule is CCc1nc(COC(=O)Cc2ccccc2C)cs1. The molecule has 0 amide bonds. The smallest absolute Gasteiger partial charge is 0.310 e. The first-order valence-electron chi connectivity index (χ1n) is 6.32. The normalized spacial score (nSPS) is 10.4. The quantitative estimate of drug-likeness (QED) is 0.786. The number of carbonyl (C=O) groups is 1. The van der Waals surface area contributed by atoms with Gasteiger partial charge in [-0.25, -0.2) is 4.98 Å². The summed E-state index contributed by atoms with van der Waals surface area (Å²) >= 11 is 1.61. The Morgan fingerprint density at radius 3 is 2.84 bits per heavy atom. The number of rotatable bonds is 5. The summed E-state index contributed by atoms with van der Waals surface area (Å²) in [5, 5.41) is 3.02. The minimum atomic E-state index is -0.208. The van der Waals surface area contributed by atoms with Crippen LogP contribution in [0.4, 0.5) is 0 Å². The molecule has 100 valence electrons. The molecule has 19 heavy (non-hydrogen) atoms. The summed E-state index contributed by atoms with van der Waals surface area (Å²) in [5.74, 6) is -0.208. The van der Waals surface area contributed by atoms with Crippen molar-refractivity contribution in [1.29, 1.82) is 0 Å². The van der Waals surface area contributed by atoms with Crippen molar-refractivity contribution in [3.8, 4) is 0 Å². The van der Waals surface area contributed by atoms with Gasteiger partial charge in [0.05, 0.1) is 17.1 Å². The van der Waals surface area contributed by atoms with E-state index in [1.54, 1.807) is 11.3 Å². The Morgan fingerprint density at radius 2 is 2.16 bits per heavy atom. The molecule has 0 atom stereocenters. The minimum Gasteiger partial charge on any atom is -0.459 e. The number of hydrogen-bond acceptors (Lipinski definition) is 4. The molecule has 1 aromatic heterocycles. The molecule has 0 N–H and O–H groups in total. The van der Waals surface area contributed by atoms with Crippen molar-refractivity contribution < 1.29 is 9.53 Å². The maximum atomic E-state index is 11.8. The average molecular weight is 275 g/mol. The van der Waals surface area contributed by atoms with E-state index in [0.29, 0.717) is 6.42 Å². The number of nitrogens with zero attached hydrogens (tertiary/aromatic N) is 1. The van der Waals surface area contributed by atoms with Crippen molar-refractivity contribution in [2.24, 2.45) is 0 Å². The van der Waals surface area contributed by atoms with Crippen molar-refractivity contribution >= 4 is 17.3 Å². The Balaban J connectivity index is 1.86. The number of thiazole rings is 1. The lowest BCUT2D eigenvalue weighted by molar-refractivity contribution is -0.144. The fraction of sp³-hybridized carbons (Fsp3) is 0.333.